The number of carbonyl (C=O) groups is 2. The number of hydrogen-bond donors (Lipinski definition) is 3. The summed E-state index contributed by atoms with van der Waals surface area (Å²) >= 11 is 0. The van der Waals surface area contributed by atoms with Crippen LogP contribution in [0.2, 0.25) is 0 Å². The number of carboxylic acid groups (broad SMARTS) is 1. The molecule has 7 nitrogen and oxygen atoms in total. The third kappa shape index (κ3) is 3.48. The third-order valence-corrected chi connectivity index (χ3v) is 3.97. The first-order chi connectivity index (χ1) is 9.88. The number of carboxylic acids is 1. The Morgan fingerprint density at radius 3 is 2.71 bits per heavy atom. The Labute approximate surface area is 121 Å². The zero-order valence-corrected chi connectivity index (χ0v) is 12.1. The molecule has 0 saturated heterocycles. The number of hydrogen-bond acceptors (Lipinski definition) is 4. The number of nitrogens with one attached hydrogen (secondary N) is 2. The lowest BCUT2D eigenvalue weighted by molar-refractivity contribution is -0.142. The normalized spacial score (nSPS) is 21.2. The van der Waals surface area contributed by atoms with E-state index in [0.29, 0.717) is 29.8 Å². The predicted molar refractivity (Wildman–Crippen MR) is 74.9 cm³/mol. The van der Waals surface area contributed by atoms with Gasteiger partial charge in [0.1, 0.15) is 0 Å². The predicted octanol–water partition coefficient (Wildman–Crippen LogP) is 0.299. The summed E-state index contributed by atoms with van der Waals surface area (Å²) in [5, 5.41) is 11.9. The number of aromatic nitrogens is 2. The van der Waals surface area contributed by atoms with Crippen LogP contribution in [-0.2, 0) is 16.0 Å². The molecule has 1 saturated carbocycles. The molecular formula is C14H19N3O4. The molecule has 0 radical (unpaired) electrons. The van der Waals surface area contributed by atoms with E-state index < -0.39 is 17.6 Å². The number of H-pyrrole nitrogens is 1. The first kappa shape index (κ1) is 15.2. The van der Waals surface area contributed by atoms with E-state index in [9.17, 15) is 14.4 Å². The molecule has 3 N–H and O–H groups in total. The Bertz CT molecular complexity index is 597. The Balaban J connectivity index is 2.06. The quantitative estimate of drug-likeness (QED) is 0.739. The van der Waals surface area contributed by atoms with E-state index in [1.165, 1.54) is 0 Å². The van der Waals surface area contributed by atoms with Gasteiger partial charge in [-0.2, -0.15) is 4.98 Å². The fourth-order valence-corrected chi connectivity index (χ4v) is 2.86. The molecule has 7 heteroatoms. The van der Waals surface area contributed by atoms with Crippen molar-refractivity contribution in [3.63, 3.8) is 0 Å². The number of rotatable bonds is 4. The van der Waals surface area contributed by atoms with Crippen molar-refractivity contribution in [3.8, 4) is 0 Å². The van der Waals surface area contributed by atoms with Crippen LogP contribution in [0, 0.1) is 19.8 Å². The Morgan fingerprint density at radius 1 is 1.38 bits per heavy atom. The molecule has 1 aliphatic rings. The fourth-order valence-electron chi connectivity index (χ4n) is 2.86. The summed E-state index contributed by atoms with van der Waals surface area (Å²) in [6.07, 6.45) is 2.17. The molecule has 1 aromatic rings. The molecule has 1 amide bonds. The molecule has 2 unspecified atom stereocenters. The molecule has 0 aromatic carbocycles. The lowest BCUT2D eigenvalue weighted by atomic mass is 10.0. The Hall–Kier alpha value is -2.18. The minimum Gasteiger partial charge on any atom is -0.481 e. The lowest BCUT2D eigenvalue weighted by Crippen LogP contribution is -2.41. The smallest absolute Gasteiger partial charge is 0.345 e. The maximum absolute atomic E-state index is 12.1. The Kier molecular flexibility index (Phi) is 4.40. The van der Waals surface area contributed by atoms with Crippen molar-refractivity contribution < 1.29 is 14.7 Å². The first-order valence-corrected chi connectivity index (χ1v) is 6.97. The Morgan fingerprint density at radius 2 is 2.10 bits per heavy atom. The van der Waals surface area contributed by atoms with E-state index in [-0.39, 0.29) is 18.4 Å². The van der Waals surface area contributed by atoms with Gasteiger partial charge in [0.15, 0.2) is 0 Å². The van der Waals surface area contributed by atoms with Crippen LogP contribution in [0.15, 0.2) is 4.79 Å². The summed E-state index contributed by atoms with van der Waals surface area (Å²) in [6.45, 7) is 3.40. The van der Waals surface area contributed by atoms with Crippen LogP contribution in [0.25, 0.3) is 0 Å². The molecule has 114 valence electrons. The summed E-state index contributed by atoms with van der Waals surface area (Å²) in [4.78, 5) is 40.8. The van der Waals surface area contributed by atoms with Gasteiger partial charge in [0.05, 0.1) is 12.3 Å². The summed E-state index contributed by atoms with van der Waals surface area (Å²) in [7, 11) is 0. The number of aromatic amines is 1. The molecular weight excluding hydrogens is 274 g/mol. The van der Waals surface area contributed by atoms with Gasteiger partial charge in [-0.05, 0) is 26.7 Å². The summed E-state index contributed by atoms with van der Waals surface area (Å²) < 4.78 is 0. The molecule has 1 aliphatic carbocycles. The van der Waals surface area contributed by atoms with E-state index in [0.717, 1.165) is 6.42 Å². The van der Waals surface area contributed by atoms with Crippen molar-refractivity contribution in [2.75, 3.05) is 0 Å². The van der Waals surface area contributed by atoms with Gasteiger partial charge in [-0.3, -0.25) is 9.59 Å². The fraction of sp³-hybridized carbons (Fsp3) is 0.571. The van der Waals surface area contributed by atoms with E-state index in [2.05, 4.69) is 15.3 Å². The number of amides is 1. The van der Waals surface area contributed by atoms with E-state index in [1.807, 2.05) is 0 Å². The van der Waals surface area contributed by atoms with Crippen LogP contribution >= 0.6 is 0 Å². The molecule has 0 bridgehead atoms. The maximum atomic E-state index is 12.1. The van der Waals surface area contributed by atoms with Gasteiger partial charge in [0.25, 0.3) is 0 Å². The highest BCUT2D eigenvalue weighted by Crippen LogP contribution is 2.25. The van der Waals surface area contributed by atoms with Crippen LogP contribution in [0.5, 0.6) is 0 Å². The van der Waals surface area contributed by atoms with Gasteiger partial charge >= 0.3 is 11.7 Å². The zero-order valence-electron chi connectivity index (χ0n) is 12.1. The largest absolute Gasteiger partial charge is 0.481 e. The molecule has 1 fully saturated rings. The minimum atomic E-state index is -0.865. The number of aryl methyl sites for hydroxylation is 2. The van der Waals surface area contributed by atoms with Crippen molar-refractivity contribution in [1.29, 1.82) is 0 Å². The average molecular weight is 293 g/mol. The number of carbonyl (C=O) groups excluding carboxylic acids is 1. The SMILES string of the molecule is Cc1nc(=O)[nH]c(C)c1CC(=O)NC1CCCC1C(=O)O. The van der Waals surface area contributed by atoms with Crippen LogP contribution < -0.4 is 11.0 Å². The van der Waals surface area contributed by atoms with Gasteiger partial charge in [-0.15, -0.1) is 0 Å². The van der Waals surface area contributed by atoms with Crippen molar-refractivity contribution in [1.82, 2.24) is 15.3 Å². The average Bonchev–Trinajstić information content (AvgIpc) is 2.82. The monoisotopic (exact) mass is 293 g/mol. The second-order valence-electron chi connectivity index (χ2n) is 5.46. The second-order valence-corrected chi connectivity index (χ2v) is 5.46. The highest BCUT2D eigenvalue weighted by molar-refractivity contribution is 5.80. The van der Waals surface area contributed by atoms with Crippen LogP contribution in [-0.4, -0.2) is 33.0 Å². The molecule has 2 rings (SSSR count). The number of aliphatic carboxylic acids is 1. The summed E-state index contributed by atoms with van der Waals surface area (Å²) in [6, 6.07) is -0.314. The van der Waals surface area contributed by atoms with Crippen molar-refractivity contribution in [2.24, 2.45) is 5.92 Å². The van der Waals surface area contributed by atoms with Gasteiger partial charge in [0.2, 0.25) is 5.91 Å². The highest BCUT2D eigenvalue weighted by Gasteiger charge is 2.33. The van der Waals surface area contributed by atoms with Gasteiger partial charge in [-0.1, -0.05) is 6.42 Å². The van der Waals surface area contributed by atoms with Gasteiger partial charge in [0, 0.05) is 23.0 Å². The standard InChI is InChI=1S/C14H19N3O4/c1-7-10(8(2)16-14(21)15-7)6-12(18)17-11-5-3-4-9(11)13(19)20/h9,11H,3-6H2,1-2H3,(H,17,18)(H,19,20)(H,15,16,21). The van der Waals surface area contributed by atoms with Crippen molar-refractivity contribution in [3.05, 3.63) is 27.4 Å². The van der Waals surface area contributed by atoms with Crippen LogP contribution in [0.3, 0.4) is 0 Å². The van der Waals surface area contributed by atoms with Crippen molar-refractivity contribution in [2.45, 2.75) is 45.6 Å². The summed E-state index contributed by atoms with van der Waals surface area (Å²) in [5.41, 5.74) is 1.38. The van der Waals surface area contributed by atoms with Crippen molar-refractivity contribution >= 4 is 11.9 Å². The van der Waals surface area contributed by atoms with Crippen LogP contribution in [0.1, 0.15) is 36.2 Å². The third-order valence-electron chi connectivity index (χ3n) is 3.97. The van der Waals surface area contributed by atoms with Crippen LogP contribution in [0.4, 0.5) is 0 Å². The molecule has 1 aromatic heterocycles. The first-order valence-electron chi connectivity index (χ1n) is 6.97. The molecule has 0 spiro atoms. The molecule has 21 heavy (non-hydrogen) atoms. The van der Waals surface area contributed by atoms with E-state index in [4.69, 9.17) is 5.11 Å². The topological polar surface area (TPSA) is 112 Å². The van der Waals surface area contributed by atoms with E-state index >= 15 is 0 Å². The second kappa shape index (κ2) is 6.07. The molecule has 0 aliphatic heterocycles. The van der Waals surface area contributed by atoms with E-state index in [1.54, 1.807) is 13.8 Å². The summed E-state index contributed by atoms with van der Waals surface area (Å²) in [5.74, 6) is -1.62. The highest BCUT2D eigenvalue weighted by atomic mass is 16.4. The number of nitrogens with zero attached hydrogens (tertiary/aromatic N) is 1. The lowest BCUT2D eigenvalue weighted by Gasteiger charge is -2.18. The minimum absolute atomic E-state index is 0.0876. The maximum Gasteiger partial charge on any atom is 0.345 e. The molecule has 1 heterocycles. The molecule has 2 atom stereocenters. The zero-order chi connectivity index (χ0) is 15.6. The van der Waals surface area contributed by atoms with Gasteiger partial charge < -0.3 is 15.4 Å². The van der Waals surface area contributed by atoms with Gasteiger partial charge in [-0.25, -0.2) is 4.79 Å².